The van der Waals surface area contributed by atoms with Crippen molar-refractivity contribution in [3.8, 4) is 0 Å². The molecule has 0 aromatic carbocycles. The number of carbonyl (C=O) groups excluding carboxylic acids is 7. The van der Waals surface area contributed by atoms with E-state index in [0.29, 0.717) is 84.3 Å². The van der Waals surface area contributed by atoms with Crippen LogP contribution in [0, 0.1) is 11.8 Å². The molecular formula is C60H108N4O20. The first-order valence-corrected chi connectivity index (χ1v) is 30.6. The summed E-state index contributed by atoms with van der Waals surface area (Å²) in [5.41, 5.74) is 0. The molecule has 24 heteroatoms. The molecule has 488 valence electrons. The Morgan fingerprint density at radius 2 is 0.905 bits per heavy atom. The van der Waals surface area contributed by atoms with Crippen LogP contribution in [0.5, 0.6) is 0 Å². The second kappa shape index (κ2) is 59.3. The van der Waals surface area contributed by atoms with E-state index in [0.717, 1.165) is 51.4 Å². The number of amides is 4. The van der Waals surface area contributed by atoms with E-state index in [9.17, 15) is 68.1 Å². The summed E-state index contributed by atoms with van der Waals surface area (Å²) in [5, 5.41) is 55.3. The monoisotopic (exact) mass is 1200 g/mol. The molecule has 0 fully saturated rings. The number of unbranched alkanes of at least 4 members (excludes halogenated alkanes) is 13. The van der Waals surface area contributed by atoms with Crippen LogP contribution in [0.2, 0.25) is 0 Å². The zero-order valence-electron chi connectivity index (χ0n) is 51.5. The van der Waals surface area contributed by atoms with Crippen LogP contribution in [0.15, 0.2) is 0 Å². The summed E-state index contributed by atoms with van der Waals surface area (Å²) in [6.45, 7) is 9.86. The molecule has 0 aliphatic rings. The van der Waals surface area contributed by atoms with Gasteiger partial charge in [0.05, 0.1) is 39.0 Å². The molecule has 0 bridgehead atoms. The molecule has 24 nitrogen and oxygen atoms in total. The van der Waals surface area contributed by atoms with E-state index in [-0.39, 0.29) is 106 Å². The van der Waals surface area contributed by atoms with Crippen LogP contribution < -0.4 is 21.3 Å². The molecule has 0 spiro atoms. The Balaban J connectivity index is -0.00000137. The largest absolute Gasteiger partial charge is 0.481 e. The fraction of sp³-hybridized carbons (Fsp3) is 0.817. The first kappa shape index (κ1) is 82.8. The molecule has 0 aromatic rings. The van der Waals surface area contributed by atoms with E-state index in [1.165, 1.54) is 44.9 Å². The molecule has 0 saturated heterocycles. The number of carboxylic acids is 4. The zero-order valence-corrected chi connectivity index (χ0v) is 51.5. The maximum Gasteiger partial charge on any atom is 0.326 e. The average Bonchev–Trinajstić information content (AvgIpc) is 3.46. The van der Waals surface area contributed by atoms with Gasteiger partial charge in [0.15, 0.2) is 5.78 Å². The number of carbonyl (C=O) groups is 11. The Labute approximate surface area is 499 Å². The molecule has 0 rings (SSSR count). The number of rotatable bonds is 56. The Morgan fingerprint density at radius 3 is 1.43 bits per heavy atom. The minimum Gasteiger partial charge on any atom is -0.481 e. The second-order valence-corrected chi connectivity index (χ2v) is 20.6. The molecule has 4 atom stereocenters. The summed E-state index contributed by atoms with van der Waals surface area (Å²) in [7, 11) is 1.55. The third-order valence-corrected chi connectivity index (χ3v) is 13.3. The van der Waals surface area contributed by atoms with Gasteiger partial charge in [-0.25, -0.2) is 9.59 Å². The minimum atomic E-state index is -1.29. The fourth-order valence-electron chi connectivity index (χ4n) is 8.16. The maximum atomic E-state index is 12.3. The fourth-order valence-corrected chi connectivity index (χ4v) is 8.16. The predicted octanol–water partition coefficient (Wildman–Crippen LogP) is 6.91. The number of aliphatic hydroxyl groups excluding tert-OH is 1. The normalized spacial score (nSPS) is 12.2. The molecule has 0 saturated carbocycles. The van der Waals surface area contributed by atoms with E-state index in [4.69, 9.17) is 29.2 Å². The molecule has 0 aliphatic heterocycles. The van der Waals surface area contributed by atoms with Gasteiger partial charge in [-0.1, -0.05) is 111 Å². The van der Waals surface area contributed by atoms with Crippen LogP contribution in [0.3, 0.4) is 0 Å². The molecule has 0 heterocycles. The number of ether oxygens (including phenoxy) is 4. The van der Waals surface area contributed by atoms with Gasteiger partial charge in [0.25, 0.3) is 0 Å². The van der Waals surface area contributed by atoms with Gasteiger partial charge < -0.3 is 65.7 Å². The van der Waals surface area contributed by atoms with Crippen LogP contribution >= 0.6 is 0 Å². The standard InChI is InChI=1S/C29H52N2O9.C24H42N2O9.C7H14O2/c1-3-4-5-6-7-8-9-10-11-12-13-24(32)22-23(28(35)36)14-16-27(34)31-25(29(37)38)15-17-26(33)30-18-19-40-21-20-39-2;1-3-18(21(29)16-27)8-5-6-12-25-22(30)11-10-20(24(32)33)26-23(31)17-35-15-14-34-13-7-9-19(28)4-2;1-2-3-4-5-6-7(8)9/h23,25H,3-22H2,1-2H3,(H,30,33)(H,31,34)(H,35,36)(H,37,38);18,20,27H,3-17H2,1-2H3,(H,25,30)(H,26,31)(H,32,33);2-6H2,1H3,(H,8,9)/t23-,25+;18-,20-;/m10./s1. The Bertz CT molecular complexity index is 1800. The number of hydrogen-bond acceptors (Lipinski definition) is 16. The van der Waals surface area contributed by atoms with Crippen LogP contribution in [-0.4, -0.2) is 176 Å². The number of hydrogen-bond donors (Lipinski definition) is 9. The number of aliphatic hydroxyl groups is 1. The highest BCUT2D eigenvalue weighted by Gasteiger charge is 2.26. The summed E-state index contributed by atoms with van der Waals surface area (Å²) in [5.74, 6) is -7.58. The number of aliphatic carboxylic acids is 4. The van der Waals surface area contributed by atoms with Crippen molar-refractivity contribution >= 4 is 64.9 Å². The summed E-state index contributed by atoms with van der Waals surface area (Å²) in [6.07, 6.45) is 19.9. The summed E-state index contributed by atoms with van der Waals surface area (Å²) in [4.78, 5) is 128. The van der Waals surface area contributed by atoms with Gasteiger partial charge in [0.2, 0.25) is 23.6 Å². The van der Waals surface area contributed by atoms with Gasteiger partial charge in [0.1, 0.15) is 36.9 Å². The Kier molecular flexibility index (Phi) is 58.4. The molecular weight excluding hydrogens is 1100 g/mol. The minimum absolute atomic E-state index is 0.0601. The lowest BCUT2D eigenvalue weighted by molar-refractivity contribution is -0.145. The van der Waals surface area contributed by atoms with E-state index in [1.54, 1.807) is 7.11 Å². The van der Waals surface area contributed by atoms with Crippen molar-refractivity contribution in [1.29, 1.82) is 0 Å². The van der Waals surface area contributed by atoms with Crippen LogP contribution in [0.1, 0.15) is 220 Å². The lowest BCUT2D eigenvalue weighted by atomic mass is 9.94. The molecule has 84 heavy (non-hydrogen) atoms. The van der Waals surface area contributed by atoms with E-state index >= 15 is 0 Å². The molecule has 9 N–H and O–H groups in total. The van der Waals surface area contributed by atoms with Crippen molar-refractivity contribution in [2.45, 2.75) is 232 Å². The van der Waals surface area contributed by atoms with Crippen molar-refractivity contribution in [2.75, 3.05) is 73.1 Å². The third-order valence-electron chi connectivity index (χ3n) is 13.3. The van der Waals surface area contributed by atoms with Gasteiger partial charge in [-0.15, -0.1) is 0 Å². The summed E-state index contributed by atoms with van der Waals surface area (Å²) < 4.78 is 20.5. The van der Waals surface area contributed by atoms with Crippen molar-refractivity contribution < 1.29 is 97.2 Å². The van der Waals surface area contributed by atoms with Crippen molar-refractivity contribution in [3.63, 3.8) is 0 Å². The third kappa shape index (κ3) is 55.7. The van der Waals surface area contributed by atoms with Gasteiger partial charge in [-0.2, -0.15) is 0 Å². The smallest absolute Gasteiger partial charge is 0.326 e. The molecule has 0 aliphatic carbocycles. The molecule has 4 amide bonds. The van der Waals surface area contributed by atoms with Crippen LogP contribution in [-0.2, 0) is 71.7 Å². The molecule has 0 aromatic heterocycles. The number of Topliss-reactive ketones (excluding diaryl/α,β-unsaturated/α-hetero) is 3. The highest BCUT2D eigenvalue weighted by atomic mass is 16.5. The van der Waals surface area contributed by atoms with Gasteiger partial charge in [0, 0.05) is 84.1 Å². The van der Waals surface area contributed by atoms with Gasteiger partial charge in [-0.05, 0) is 57.8 Å². The maximum absolute atomic E-state index is 12.3. The lowest BCUT2D eigenvalue weighted by Crippen LogP contribution is -2.43. The SMILES string of the molecule is CCC(=O)CCCOCCOCC(=O)N[C@@H](CCC(=O)NCCCC[C@H](CC)C(=O)CO)C(=O)O.CCCCCCC(=O)O.CCCCCCCCCCCCC(=O)C[C@@H](CCC(=O)N[C@@H](CCC(=O)NCCOCCOC)C(=O)O)C(=O)O. The van der Waals surface area contributed by atoms with E-state index < -0.39 is 60.3 Å². The average molecular weight is 1210 g/mol. The van der Waals surface area contributed by atoms with E-state index in [1.807, 2.05) is 13.8 Å². The topological polar surface area (TPSA) is 374 Å². The van der Waals surface area contributed by atoms with Crippen molar-refractivity contribution in [1.82, 2.24) is 21.3 Å². The van der Waals surface area contributed by atoms with Crippen LogP contribution in [0.4, 0.5) is 0 Å². The molecule has 0 radical (unpaired) electrons. The zero-order chi connectivity index (χ0) is 63.6. The van der Waals surface area contributed by atoms with Gasteiger partial charge >= 0.3 is 23.9 Å². The van der Waals surface area contributed by atoms with Crippen molar-refractivity contribution in [3.05, 3.63) is 0 Å². The number of carboxylic acid groups (broad SMARTS) is 4. The Hall–Kier alpha value is -5.43. The molecule has 0 unspecified atom stereocenters. The first-order valence-electron chi connectivity index (χ1n) is 30.6. The highest BCUT2D eigenvalue weighted by Crippen LogP contribution is 2.17. The number of methoxy groups -OCH3 is 1. The second-order valence-electron chi connectivity index (χ2n) is 20.6. The number of ketones is 3. The van der Waals surface area contributed by atoms with Crippen molar-refractivity contribution in [2.24, 2.45) is 11.8 Å². The first-order chi connectivity index (χ1) is 40.2. The van der Waals surface area contributed by atoms with E-state index in [2.05, 4.69) is 35.1 Å². The summed E-state index contributed by atoms with van der Waals surface area (Å²) >= 11 is 0. The highest BCUT2D eigenvalue weighted by molar-refractivity contribution is 5.87. The lowest BCUT2D eigenvalue weighted by Gasteiger charge is -2.16. The quantitative estimate of drug-likeness (QED) is 0.0279. The number of nitrogens with one attached hydrogen (secondary N) is 4. The predicted molar refractivity (Wildman–Crippen MR) is 315 cm³/mol. The van der Waals surface area contributed by atoms with Crippen LogP contribution in [0.25, 0.3) is 0 Å². The summed E-state index contributed by atoms with van der Waals surface area (Å²) in [6, 6.07) is -2.49. The Morgan fingerprint density at radius 1 is 0.417 bits per heavy atom. The van der Waals surface area contributed by atoms with Gasteiger partial charge in [-0.3, -0.25) is 43.2 Å².